The van der Waals surface area contributed by atoms with Gasteiger partial charge in [0.2, 0.25) is 15.9 Å². The minimum Gasteiger partial charge on any atom is -0.395 e. The number of thiazole rings is 1. The van der Waals surface area contributed by atoms with Crippen molar-refractivity contribution in [3.05, 3.63) is 47.6 Å². The molecule has 0 saturated carbocycles. The van der Waals surface area contributed by atoms with Crippen LogP contribution in [0.15, 0.2) is 42.0 Å². The highest BCUT2D eigenvalue weighted by molar-refractivity contribution is 7.89. The molecule has 2 amide bonds. The molecule has 1 aliphatic rings. The summed E-state index contributed by atoms with van der Waals surface area (Å²) in [6, 6.07) is 5.34. The van der Waals surface area contributed by atoms with E-state index in [9.17, 15) is 18.0 Å². The molecule has 1 unspecified atom stereocenters. The fraction of sp³-hybridized carbons (Fsp3) is 0.417. The van der Waals surface area contributed by atoms with Crippen molar-refractivity contribution >= 4 is 59.8 Å². The molecule has 0 bridgehead atoms. The van der Waals surface area contributed by atoms with Crippen molar-refractivity contribution < 1.29 is 27.5 Å². The third-order valence-corrected chi connectivity index (χ3v) is 7.88. The molecule has 1 saturated heterocycles. The van der Waals surface area contributed by atoms with Crippen LogP contribution in [-0.4, -0.2) is 100.0 Å². The Morgan fingerprint density at radius 1 is 1.18 bits per heavy atom. The van der Waals surface area contributed by atoms with E-state index in [2.05, 4.69) is 20.5 Å². The van der Waals surface area contributed by atoms with Gasteiger partial charge in [-0.1, -0.05) is 6.07 Å². The normalized spacial score (nSPS) is 18.8. The van der Waals surface area contributed by atoms with Crippen LogP contribution in [0.2, 0.25) is 0 Å². The zero-order valence-corrected chi connectivity index (χ0v) is 24.0. The van der Waals surface area contributed by atoms with Gasteiger partial charge in [-0.15, -0.1) is 11.3 Å². The van der Waals surface area contributed by atoms with E-state index in [1.165, 1.54) is 19.4 Å². The van der Waals surface area contributed by atoms with Crippen molar-refractivity contribution in [1.29, 1.82) is 0 Å². The average Bonchev–Trinajstić information content (AvgIpc) is 3.57. The molecule has 3 aromatic rings. The van der Waals surface area contributed by atoms with Crippen molar-refractivity contribution in [2.75, 3.05) is 36.7 Å². The van der Waals surface area contributed by atoms with Crippen LogP contribution in [0.25, 0.3) is 11.4 Å². The van der Waals surface area contributed by atoms with Gasteiger partial charge in [-0.05, 0) is 32.0 Å². The monoisotopic (exact) mass is 582 g/mol. The smallest absolute Gasteiger partial charge is 0.253 e. The molecule has 0 aromatic carbocycles. The van der Waals surface area contributed by atoms with E-state index in [-0.39, 0.29) is 22.9 Å². The number of ether oxygens (including phenoxy) is 2. The Balaban J connectivity index is 1.49. The van der Waals surface area contributed by atoms with E-state index in [0.29, 0.717) is 24.5 Å². The summed E-state index contributed by atoms with van der Waals surface area (Å²) in [7, 11) is 9.49. The van der Waals surface area contributed by atoms with Crippen molar-refractivity contribution in [3.63, 3.8) is 0 Å². The van der Waals surface area contributed by atoms with Crippen LogP contribution in [0.4, 0.5) is 10.9 Å². The molecule has 1 aliphatic heterocycles. The van der Waals surface area contributed by atoms with Crippen LogP contribution in [0.3, 0.4) is 0 Å². The van der Waals surface area contributed by atoms with Crippen molar-refractivity contribution in [3.8, 4) is 11.4 Å². The van der Waals surface area contributed by atoms with Crippen molar-refractivity contribution in [2.24, 2.45) is 0 Å². The zero-order valence-electron chi connectivity index (χ0n) is 22.4. The standard InChI is InChI=1S/C24H28B2N6O6S2/c1-14-10-31(11-15(2)38-14)19-7-5-6-17(27-19)18-13-39-23(28-18)30-22(34)20(24(25,26)37-3)29-21(33)16-8-9-32(12-16)40(4,35)36/h5-9,12-15,20H,10-11H2,1-4H3,(H,29,33)(H,28,30,34)/t14-,15+,20?. The molecular formula is C24H28B2N6O6S2. The molecule has 12 nitrogen and oxygen atoms in total. The Hall–Kier alpha value is -3.20. The molecule has 3 atom stereocenters. The lowest BCUT2D eigenvalue weighted by atomic mass is 9.60. The van der Waals surface area contributed by atoms with Gasteiger partial charge < -0.3 is 25.0 Å². The summed E-state index contributed by atoms with van der Waals surface area (Å²) in [6.45, 7) is 5.46. The highest BCUT2D eigenvalue weighted by Crippen LogP contribution is 2.27. The lowest BCUT2D eigenvalue weighted by Crippen LogP contribution is -2.60. The molecule has 1 fully saturated rings. The number of hydrogen-bond acceptors (Lipinski definition) is 10. The Kier molecular flexibility index (Phi) is 8.73. The van der Waals surface area contributed by atoms with Crippen LogP contribution in [-0.2, 0) is 24.3 Å². The lowest BCUT2D eigenvalue weighted by molar-refractivity contribution is -0.120. The van der Waals surface area contributed by atoms with Gasteiger partial charge in [-0.3, -0.25) is 13.6 Å². The van der Waals surface area contributed by atoms with E-state index in [0.717, 1.165) is 33.6 Å². The summed E-state index contributed by atoms with van der Waals surface area (Å²) < 4.78 is 35.2. The third-order valence-electron chi connectivity index (χ3n) is 6.13. The molecule has 0 aliphatic carbocycles. The average molecular weight is 582 g/mol. The van der Waals surface area contributed by atoms with Gasteiger partial charge in [0.15, 0.2) is 5.13 Å². The summed E-state index contributed by atoms with van der Waals surface area (Å²) in [5, 5.41) is 4.88. The van der Waals surface area contributed by atoms with Crippen LogP contribution < -0.4 is 15.5 Å². The SMILES string of the molecule is [B]C([B])(OC)C(NC(=O)c1ccn(S(C)(=O)=O)c1)C(=O)Nc1nc(-c2cccc(N3C[C@@H](C)O[C@@H](C)C3)n2)cs1. The van der Waals surface area contributed by atoms with E-state index < -0.39 is 33.3 Å². The van der Waals surface area contributed by atoms with Gasteiger partial charge in [0.1, 0.15) is 33.2 Å². The van der Waals surface area contributed by atoms with Crippen molar-refractivity contribution in [2.45, 2.75) is 37.5 Å². The van der Waals surface area contributed by atoms with E-state index >= 15 is 0 Å². The fourth-order valence-corrected chi connectivity index (χ4v) is 5.46. The molecule has 40 heavy (non-hydrogen) atoms. The first kappa shape index (κ1) is 29.8. The number of nitrogens with zero attached hydrogens (tertiary/aromatic N) is 4. The first-order valence-corrected chi connectivity index (χ1v) is 15.0. The molecule has 4 heterocycles. The molecular weight excluding hydrogens is 554 g/mol. The number of morpholine rings is 1. The van der Waals surface area contributed by atoms with Gasteiger partial charge in [-0.25, -0.2) is 18.4 Å². The maximum atomic E-state index is 13.2. The van der Waals surface area contributed by atoms with Crippen molar-refractivity contribution in [1.82, 2.24) is 19.3 Å². The molecule has 4 rings (SSSR count). The predicted octanol–water partition coefficient (Wildman–Crippen LogP) is 0.802. The number of carbonyl (C=O) groups is 2. The summed E-state index contributed by atoms with van der Waals surface area (Å²) in [5.41, 5.74) is 1.13. The minimum atomic E-state index is -3.61. The van der Waals surface area contributed by atoms with E-state index in [4.69, 9.17) is 30.2 Å². The number of rotatable bonds is 9. The van der Waals surface area contributed by atoms with Gasteiger partial charge in [0.25, 0.3) is 5.91 Å². The molecule has 0 spiro atoms. The number of anilines is 2. The largest absolute Gasteiger partial charge is 0.395 e. The molecule has 4 radical (unpaired) electrons. The van der Waals surface area contributed by atoms with E-state index in [1.54, 1.807) is 5.38 Å². The fourth-order valence-electron chi connectivity index (χ4n) is 4.17. The maximum absolute atomic E-state index is 13.2. The number of aromatic nitrogens is 3. The number of methoxy groups -OCH3 is 1. The summed E-state index contributed by atoms with van der Waals surface area (Å²) in [6.07, 6.45) is 3.44. The number of hydrogen-bond donors (Lipinski definition) is 2. The highest BCUT2D eigenvalue weighted by Gasteiger charge is 2.36. The third kappa shape index (κ3) is 6.92. The van der Waals surface area contributed by atoms with Gasteiger partial charge >= 0.3 is 0 Å². The van der Waals surface area contributed by atoms with Gasteiger partial charge in [-0.2, -0.15) is 0 Å². The molecule has 16 heteroatoms. The zero-order chi connectivity index (χ0) is 29.2. The minimum absolute atomic E-state index is 0.0262. The molecule has 3 aromatic heterocycles. The number of pyridine rings is 1. The number of amides is 2. The predicted molar refractivity (Wildman–Crippen MR) is 153 cm³/mol. The first-order chi connectivity index (χ1) is 18.8. The topological polar surface area (TPSA) is 145 Å². The maximum Gasteiger partial charge on any atom is 0.253 e. The first-order valence-electron chi connectivity index (χ1n) is 12.2. The Morgan fingerprint density at radius 2 is 1.88 bits per heavy atom. The van der Waals surface area contributed by atoms with Crippen LogP contribution in [0.5, 0.6) is 0 Å². The van der Waals surface area contributed by atoms with Gasteiger partial charge in [0.05, 0.1) is 29.7 Å². The molecule has 208 valence electrons. The van der Waals surface area contributed by atoms with Crippen LogP contribution in [0, 0.1) is 0 Å². The van der Waals surface area contributed by atoms with E-state index in [1.807, 2.05) is 32.0 Å². The lowest BCUT2D eigenvalue weighted by Gasteiger charge is -2.36. The number of nitrogens with one attached hydrogen (secondary N) is 2. The van der Waals surface area contributed by atoms with Gasteiger partial charge in [0, 0.05) is 43.4 Å². The summed E-state index contributed by atoms with van der Waals surface area (Å²) >= 11 is 1.15. The summed E-state index contributed by atoms with van der Waals surface area (Å²) in [4.78, 5) is 37.4. The Labute approximate surface area is 239 Å². The number of carbonyl (C=O) groups excluding carboxylic acids is 2. The second kappa shape index (κ2) is 11.7. The highest BCUT2D eigenvalue weighted by atomic mass is 32.2. The van der Waals surface area contributed by atoms with Crippen LogP contribution in [0.1, 0.15) is 24.2 Å². The molecule has 2 N–H and O–H groups in total. The summed E-state index contributed by atoms with van der Waals surface area (Å²) in [5.74, 6) is -0.782. The second-order valence-corrected chi connectivity index (χ2v) is 12.3. The Bertz CT molecular complexity index is 1480. The quantitative estimate of drug-likeness (QED) is 0.350. The second-order valence-electron chi connectivity index (χ2n) is 9.53. The van der Waals surface area contributed by atoms with Crippen LogP contribution >= 0.6 is 11.3 Å². The Morgan fingerprint density at radius 3 is 2.50 bits per heavy atom.